The van der Waals surface area contributed by atoms with Gasteiger partial charge in [-0.2, -0.15) is 10.2 Å². The number of nitrogens with one attached hydrogen (secondary N) is 1. The summed E-state index contributed by atoms with van der Waals surface area (Å²) in [5.41, 5.74) is 6.60. The molecular weight excluding hydrogens is 811 g/mol. The first-order valence-electron chi connectivity index (χ1n) is 19.4. The highest BCUT2D eigenvalue weighted by Crippen LogP contribution is 2.39. The van der Waals surface area contributed by atoms with Gasteiger partial charge in [0.05, 0.1) is 47.9 Å². The molecule has 2 aliphatic heterocycles. The van der Waals surface area contributed by atoms with Gasteiger partial charge in [-0.25, -0.2) is 33.1 Å². The number of benzene rings is 3. The molecule has 9 rings (SSSR count). The van der Waals surface area contributed by atoms with Gasteiger partial charge in [-0.3, -0.25) is 23.9 Å². The Morgan fingerprint density at radius 1 is 0.918 bits per heavy atom. The SMILES string of the molecule is Nc1nc2sc(C(=O)NC3CCN(CC(=O)OC(Cn4cncn4)(Cn4cncn4)c4ccc(F)cc4F)CC3)cc2n(-c2ccc3c(c2)N(c2ccccc2)CCO3)c1=O. The van der Waals surface area contributed by atoms with Gasteiger partial charge in [-0.05, 0) is 61.4 Å². The lowest BCUT2D eigenvalue weighted by atomic mass is 9.92. The second-order valence-electron chi connectivity index (χ2n) is 14.7. The number of ether oxygens (including phenoxy) is 2. The predicted molar refractivity (Wildman–Crippen MR) is 220 cm³/mol. The zero-order chi connectivity index (χ0) is 42.1. The number of amides is 1. The van der Waals surface area contributed by atoms with Crippen molar-refractivity contribution in [1.82, 2.24) is 49.3 Å². The number of halogens is 2. The van der Waals surface area contributed by atoms with Crippen LogP contribution in [-0.4, -0.2) is 94.7 Å². The van der Waals surface area contributed by atoms with Crippen molar-refractivity contribution in [2.45, 2.75) is 37.6 Å². The fourth-order valence-corrected chi connectivity index (χ4v) is 8.79. The number of likely N-dealkylation sites (tertiary alicyclic amines) is 1. The molecule has 0 unspecified atom stereocenters. The summed E-state index contributed by atoms with van der Waals surface area (Å²) in [5, 5.41) is 11.4. The number of nitrogens with zero attached hydrogens (tertiary/aromatic N) is 10. The standard InChI is InChI=1S/C41H38F2N12O5S/c42-26-6-8-30(31(43)16-26)41(20-52-24-45-22-47-52,21-53-25-46-23-48-53)60-36(56)19-51-12-10-27(11-13-51)49-38(57)35-18-33-39(61-35)50-37(44)40(58)55(33)29-7-9-34-32(17-29)54(14-15-59-34)28-4-2-1-3-5-28/h1-9,16-18,22-25,27H,10-15,19-21H2,(H2,44,50)(H,49,57). The zero-order valence-corrected chi connectivity index (χ0v) is 33.3. The van der Waals surface area contributed by atoms with Gasteiger partial charge in [-0.1, -0.05) is 18.2 Å². The number of carbonyl (C=O) groups is 2. The topological polar surface area (TPSA) is 193 Å². The molecule has 1 fully saturated rings. The lowest BCUT2D eigenvalue weighted by Crippen LogP contribution is -2.48. The maximum atomic E-state index is 15.5. The second-order valence-corrected chi connectivity index (χ2v) is 15.8. The van der Waals surface area contributed by atoms with Crippen LogP contribution in [0.25, 0.3) is 16.0 Å². The quantitative estimate of drug-likeness (QED) is 0.168. The Morgan fingerprint density at radius 2 is 1.66 bits per heavy atom. The van der Waals surface area contributed by atoms with Gasteiger partial charge in [0.25, 0.3) is 11.5 Å². The fraction of sp³-hybridized carbons (Fsp3) is 0.268. The van der Waals surface area contributed by atoms with Crippen molar-refractivity contribution >= 4 is 50.8 Å². The normalized spacial score (nSPS) is 14.8. The molecule has 4 aromatic heterocycles. The number of fused-ring (bicyclic) bond motifs is 2. The molecule has 6 heterocycles. The van der Waals surface area contributed by atoms with Crippen LogP contribution in [-0.2, 0) is 28.2 Å². The van der Waals surface area contributed by atoms with E-state index >= 15 is 4.39 Å². The molecule has 3 N–H and O–H groups in total. The number of aromatic nitrogens is 8. The lowest BCUT2D eigenvalue weighted by molar-refractivity contribution is -0.167. The predicted octanol–water partition coefficient (Wildman–Crippen LogP) is 4.05. The van der Waals surface area contributed by atoms with E-state index in [-0.39, 0.29) is 43.0 Å². The van der Waals surface area contributed by atoms with Crippen LogP contribution in [0.2, 0.25) is 0 Å². The molecule has 17 nitrogen and oxygen atoms in total. The van der Waals surface area contributed by atoms with Gasteiger partial charge in [0.1, 0.15) is 54.1 Å². The number of thiophene rings is 1. The molecule has 312 valence electrons. The summed E-state index contributed by atoms with van der Waals surface area (Å²) in [7, 11) is 0. The average molecular weight is 849 g/mol. The highest BCUT2D eigenvalue weighted by Gasteiger charge is 2.42. The van der Waals surface area contributed by atoms with Crippen molar-refractivity contribution in [3.63, 3.8) is 0 Å². The minimum absolute atomic E-state index is 0.0715. The van der Waals surface area contributed by atoms with E-state index in [1.54, 1.807) is 12.1 Å². The fourth-order valence-electron chi connectivity index (χ4n) is 7.86. The van der Waals surface area contributed by atoms with Crippen LogP contribution in [0.1, 0.15) is 28.1 Å². The van der Waals surface area contributed by atoms with Crippen molar-refractivity contribution in [3.8, 4) is 11.4 Å². The Kier molecular flexibility index (Phi) is 10.7. The zero-order valence-electron chi connectivity index (χ0n) is 32.4. The molecule has 1 amide bonds. The number of hydrogen-bond acceptors (Lipinski definition) is 14. The van der Waals surface area contributed by atoms with Crippen molar-refractivity contribution in [2.24, 2.45) is 0 Å². The van der Waals surface area contributed by atoms with Crippen LogP contribution in [0, 0.1) is 11.6 Å². The van der Waals surface area contributed by atoms with Gasteiger partial charge in [0, 0.05) is 36.4 Å². The second kappa shape index (κ2) is 16.5. The molecule has 20 heteroatoms. The average Bonchev–Trinajstić information content (AvgIpc) is 4.06. The minimum atomic E-state index is -1.71. The smallest absolute Gasteiger partial charge is 0.321 e. The third-order valence-corrected chi connectivity index (χ3v) is 11.7. The van der Waals surface area contributed by atoms with Gasteiger partial charge in [0.2, 0.25) is 0 Å². The lowest BCUT2D eigenvalue weighted by Gasteiger charge is -2.36. The first kappa shape index (κ1) is 39.4. The first-order valence-corrected chi connectivity index (χ1v) is 20.2. The number of rotatable bonds is 12. The van der Waals surface area contributed by atoms with E-state index in [1.807, 2.05) is 47.4 Å². The van der Waals surface area contributed by atoms with Gasteiger partial charge in [0.15, 0.2) is 11.4 Å². The highest BCUT2D eigenvalue weighted by molar-refractivity contribution is 7.20. The summed E-state index contributed by atoms with van der Waals surface area (Å²) in [6, 6.07) is 19.9. The first-order chi connectivity index (χ1) is 29.6. The van der Waals surface area contributed by atoms with Crippen molar-refractivity contribution in [3.05, 3.63) is 131 Å². The molecule has 7 aromatic rings. The van der Waals surface area contributed by atoms with Gasteiger partial charge < -0.3 is 25.4 Å². The number of hydrogen-bond donors (Lipinski definition) is 2. The highest BCUT2D eigenvalue weighted by atomic mass is 32.1. The Hall–Kier alpha value is -7.06. The molecule has 0 spiro atoms. The van der Waals surface area contributed by atoms with Crippen LogP contribution < -0.4 is 26.2 Å². The van der Waals surface area contributed by atoms with E-state index in [9.17, 15) is 18.8 Å². The molecule has 3 aromatic carbocycles. The molecule has 0 saturated carbocycles. The molecular formula is C41H38F2N12O5S. The van der Waals surface area contributed by atoms with E-state index in [2.05, 4.69) is 35.4 Å². The van der Waals surface area contributed by atoms with Crippen molar-refractivity contribution < 1.29 is 27.8 Å². The summed E-state index contributed by atoms with van der Waals surface area (Å²) in [6.45, 7) is 1.55. The van der Waals surface area contributed by atoms with Crippen LogP contribution in [0.5, 0.6) is 5.75 Å². The van der Waals surface area contributed by atoms with E-state index in [4.69, 9.17) is 15.2 Å². The van der Waals surface area contributed by atoms with Crippen LogP contribution in [0.15, 0.2) is 103 Å². The molecule has 0 atom stereocenters. The Balaban J connectivity index is 0.889. The molecule has 2 aliphatic rings. The summed E-state index contributed by atoms with van der Waals surface area (Å²) >= 11 is 1.13. The van der Waals surface area contributed by atoms with Crippen LogP contribution >= 0.6 is 11.3 Å². The Morgan fingerprint density at radius 3 is 2.34 bits per heavy atom. The maximum absolute atomic E-state index is 15.5. The number of anilines is 3. The number of piperidine rings is 1. The largest absolute Gasteiger partial charge is 0.490 e. The number of carbonyl (C=O) groups excluding carboxylic acids is 2. The summed E-state index contributed by atoms with van der Waals surface area (Å²) < 4.78 is 45.9. The van der Waals surface area contributed by atoms with Crippen LogP contribution in [0.4, 0.5) is 26.0 Å². The molecule has 0 aliphatic carbocycles. The van der Waals surface area contributed by atoms with Crippen molar-refractivity contribution in [2.75, 3.05) is 43.4 Å². The van der Waals surface area contributed by atoms with Gasteiger partial charge in [-0.15, -0.1) is 11.3 Å². The number of para-hydroxylation sites is 1. The monoisotopic (exact) mass is 848 g/mol. The van der Waals surface area contributed by atoms with E-state index in [1.165, 1.54) is 45.3 Å². The summed E-state index contributed by atoms with van der Waals surface area (Å²) in [6.07, 6.45) is 6.43. The van der Waals surface area contributed by atoms with E-state index < -0.39 is 28.8 Å². The number of nitrogen functional groups attached to an aromatic ring is 1. The molecule has 61 heavy (non-hydrogen) atoms. The Bertz CT molecular complexity index is 2720. The third kappa shape index (κ3) is 8.14. The van der Waals surface area contributed by atoms with Crippen LogP contribution in [0.3, 0.4) is 0 Å². The maximum Gasteiger partial charge on any atom is 0.321 e. The van der Waals surface area contributed by atoms with Crippen molar-refractivity contribution in [1.29, 1.82) is 0 Å². The molecule has 0 bridgehead atoms. The summed E-state index contributed by atoms with van der Waals surface area (Å²) in [4.78, 5) is 58.1. The third-order valence-electron chi connectivity index (χ3n) is 10.7. The van der Waals surface area contributed by atoms with E-state index in [0.29, 0.717) is 65.7 Å². The summed E-state index contributed by atoms with van der Waals surface area (Å²) in [5.74, 6) is -2.21. The van der Waals surface area contributed by atoms with Gasteiger partial charge >= 0.3 is 5.97 Å². The molecule has 0 radical (unpaired) electrons. The Labute approximate surface area is 350 Å². The molecule has 1 saturated heterocycles. The van der Waals surface area contributed by atoms with E-state index in [0.717, 1.165) is 34.8 Å². The number of nitrogens with two attached hydrogens (primary N) is 1. The minimum Gasteiger partial charge on any atom is -0.490 e. The number of esters is 1.